The quantitative estimate of drug-likeness (QED) is 0.830. The predicted molar refractivity (Wildman–Crippen MR) is 74.5 cm³/mol. The minimum absolute atomic E-state index is 0.402. The van der Waals surface area contributed by atoms with Gasteiger partial charge in [0.2, 0.25) is 0 Å². The summed E-state index contributed by atoms with van der Waals surface area (Å²) in [4.78, 5) is 2.12. The normalized spacial score (nSPS) is 18.9. The molecule has 5 heteroatoms. The Morgan fingerprint density at radius 2 is 2.25 bits per heavy atom. The van der Waals surface area contributed by atoms with E-state index in [2.05, 4.69) is 10.2 Å². The van der Waals surface area contributed by atoms with Crippen molar-refractivity contribution in [2.24, 2.45) is 0 Å². The van der Waals surface area contributed by atoms with Crippen molar-refractivity contribution in [2.75, 3.05) is 33.4 Å². The molecular weight excluding hydrogens is 262 g/mol. The second kappa shape index (κ2) is 7.67. The maximum Gasteiger partial charge on any atom is 0.163 e. The van der Waals surface area contributed by atoms with E-state index in [0.29, 0.717) is 31.3 Å². The van der Waals surface area contributed by atoms with Gasteiger partial charge in [-0.1, -0.05) is 12.1 Å². The molecule has 1 atom stereocenters. The predicted octanol–water partition coefficient (Wildman–Crippen LogP) is 2.17. The average Bonchev–Trinajstić information content (AvgIpc) is 2.94. The minimum Gasteiger partial charge on any atom is -0.383 e. The first-order chi connectivity index (χ1) is 9.70. The molecule has 0 bridgehead atoms. The summed E-state index contributed by atoms with van der Waals surface area (Å²) in [6.07, 6.45) is 2.31. The van der Waals surface area contributed by atoms with Crippen LogP contribution < -0.4 is 5.32 Å². The first-order valence-electron chi connectivity index (χ1n) is 7.08. The van der Waals surface area contributed by atoms with E-state index in [9.17, 15) is 8.78 Å². The van der Waals surface area contributed by atoms with Crippen molar-refractivity contribution in [1.29, 1.82) is 0 Å². The number of hydrogen-bond acceptors (Lipinski definition) is 3. The van der Waals surface area contributed by atoms with Gasteiger partial charge in [0, 0.05) is 38.3 Å². The fraction of sp³-hybridized carbons (Fsp3) is 0.600. The number of benzene rings is 1. The number of methoxy groups -OCH3 is 1. The van der Waals surface area contributed by atoms with E-state index in [-0.39, 0.29) is 0 Å². The highest BCUT2D eigenvalue weighted by Gasteiger charge is 2.19. The molecule has 3 nitrogen and oxygen atoms in total. The summed E-state index contributed by atoms with van der Waals surface area (Å²) in [6.45, 7) is 3.58. The third-order valence-corrected chi connectivity index (χ3v) is 3.68. The SMILES string of the molecule is COCCN(Cc1cccc(F)c1F)CC1CCCN1. The van der Waals surface area contributed by atoms with Gasteiger partial charge >= 0.3 is 0 Å². The van der Waals surface area contributed by atoms with Gasteiger partial charge in [-0.05, 0) is 25.5 Å². The molecule has 0 spiro atoms. The lowest BCUT2D eigenvalue weighted by molar-refractivity contribution is 0.137. The van der Waals surface area contributed by atoms with Crippen LogP contribution in [0.3, 0.4) is 0 Å². The monoisotopic (exact) mass is 284 g/mol. The van der Waals surface area contributed by atoms with Crippen LogP contribution in [0.1, 0.15) is 18.4 Å². The summed E-state index contributed by atoms with van der Waals surface area (Å²) >= 11 is 0. The van der Waals surface area contributed by atoms with E-state index in [0.717, 1.165) is 25.6 Å². The summed E-state index contributed by atoms with van der Waals surface area (Å²) in [6, 6.07) is 4.77. The van der Waals surface area contributed by atoms with Crippen LogP contribution in [0, 0.1) is 11.6 Å². The Bertz CT molecular complexity index is 422. The minimum atomic E-state index is -0.784. The molecule has 1 aromatic rings. The molecule has 0 saturated carbocycles. The van der Waals surface area contributed by atoms with Crippen LogP contribution in [0.4, 0.5) is 8.78 Å². The zero-order valence-electron chi connectivity index (χ0n) is 11.9. The molecule has 1 aliphatic rings. The van der Waals surface area contributed by atoms with Crippen molar-refractivity contribution in [3.05, 3.63) is 35.4 Å². The lowest BCUT2D eigenvalue weighted by Crippen LogP contribution is -2.39. The van der Waals surface area contributed by atoms with Crippen molar-refractivity contribution >= 4 is 0 Å². The van der Waals surface area contributed by atoms with E-state index >= 15 is 0 Å². The zero-order valence-corrected chi connectivity index (χ0v) is 11.9. The number of rotatable bonds is 7. The van der Waals surface area contributed by atoms with Crippen molar-refractivity contribution in [2.45, 2.75) is 25.4 Å². The van der Waals surface area contributed by atoms with Crippen LogP contribution in [-0.2, 0) is 11.3 Å². The highest BCUT2D eigenvalue weighted by molar-refractivity contribution is 5.18. The van der Waals surface area contributed by atoms with E-state index in [4.69, 9.17) is 4.74 Å². The van der Waals surface area contributed by atoms with Gasteiger partial charge in [0.05, 0.1) is 6.61 Å². The van der Waals surface area contributed by atoms with Crippen LogP contribution in [-0.4, -0.2) is 44.3 Å². The lowest BCUT2D eigenvalue weighted by Gasteiger charge is -2.25. The lowest BCUT2D eigenvalue weighted by atomic mass is 10.1. The molecule has 0 radical (unpaired) electrons. The Labute approximate surface area is 118 Å². The Balaban J connectivity index is 1.99. The molecule has 1 unspecified atom stereocenters. The van der Waals surface area contributed by atoms with Crippen LogP contribution in [0.5, 0.6) is 0 Å². The Kier molecular flexibility index (Phi) is 5.88. The van der Waals surface area contributed by atoms with Crippen LogP contribution in [0.2, 0.25) is 0 Å². The molecule has 112 valence electrons. The highest BCUT2D eigenvalue weighted by atomic mass is 19.2. The molecule has 2 rings (SSSR count). The molecule has 1 fully saturated rings. The molecule has 1 saturated heterocycles. The Morgan fingerprint density at radius 1 is 1.40 bits per heavy atom. The van der Waals surface area contributed by atoms with Gasteiger partial charge in [-0.25, -0.2) is 8.78 Å². The summed E-state index contributed by atoms with van der Waals surface area (Å²) in [5, 5.41) is 3.42. The van der Waals surface area contributed by atoms with Crippen LogP contribution in [0.15, 0.2) is 18.2 Å². The van der Waals surface area contributed by atoms with Crippen molar-refractivity contribution in [3.63, 3.8) is 0 Å². The summed E-state index contributed by atoms with van der Waals surface area (Å²) in [5.74, 6) is -1.53. The van der Waals surface area contributed by atoms with Gasteiger partial charge in [-0.2, -0.15) is 0 Å². The van der Waals surface area contributed by atoms with E-state index in [1.165, 1.54) is 6.42 Å². The molecule has 0 aliphatic carbocycles. The molecular formula is C15H22F2N2O. The van der Waals surface area contributed by atoms with Gasteiger partial charge in [0.1, 0.15) is 0 Å². The summed E-state index contributed by atoms with van der Waals surface area (Å²) in [5.41, 5.74) is 0.402. The molecule has 1 aromatic carbocycles. The first kappa shape index (κ1) is 15.4. The number of halogens is 2. The number of nitrogens with one attached hydrogen (secondary N) is 1. The third-order valence-electron chi connectivity index (χ3n) is 3.68. The van der Waals surface area contributed by atoms with Gasteiger partial charge < -0.3 is 10.1 Å². The smallest absolute Gasteiger partial charge is 0.163 e. The largest absolute Gasteiger partial charge is 0.383 e. The summed E-state index contributed by atoms with van der Waals surface area (Å²) < 4.78 is 32.1. The molecule has 20 heavy (non-hydrogen) atoms. The summed E-state index contributed by atoms with van der Waals surface area (Å²) in [7, 11) is 1.65. The molecule has 1 N–H and O–H groups in total. The van der Waals surface area contributed by atoms with Gasteiger partial charge in [-0.3, -0.25) is 4.90 Å². The van der Waals surface area contributed by atoms with E-state index in [1.54, 1.807) is 19.2 Å². The third kappa shape index (κ3) is 4.23. The number of nitrogens with zero attached hydrogens (tertiary/aromatic N) is 1. The number of ether oxygens (including phenoxy) is 1. The fourth-order valence-corrected chi connectivity index (χ4v) is 2.59. The van der Waals surface area contributed by atoms with Gasteiger partial charge in [0.15, 0.2) is 11.6 Å². The second-order valence-electron chi connectivity index (χ2n) is 5.23. The van der Waals surface area contributed by atoms with Crippen LogP contribution >= 0.6 is 0 Å². The molecule has 1 heterocycles. The first-order valence-corrected chi connectivity index (χ1v) is 7.08. The average molecular weight is 284 g/mol. The van der Waals surface area contributed by atoms with Crippen molar-refractivity contribution in [1.82, 2.24) is 10.2 Å². The fourth-order valence-electron chi connectivity index (χ4n) is 2.59. The molecule has 1 aliphatic heterocycles. The van der Waals surface area contributed by atoms with Crippen LogP contribution in [0.25, 0.3) is 0 Å². The van der Waals surface area contributed by atoms with E-state index < -0.39 is 11.6 Å². The second-order valence-corrected chi connectivity index (χ2v) is 5.23. The van der Waals surface area contributed by atoms with E-state index in [1.807, 2.05) is 0 Å². The Morgan fingerprint density at radius 3 is 2.95 bits per heavy atom. The highest BCUT2D eigenvalue weighted by Crippen LogP contribution is 2.15. The van der Waals surface area contributed by atoms with Crippen molar-refractivity contribution < 1.29 is 13.5 Å². The topological polar surface area (TPSA) is 24.5 Å². The maximum atomic E-state index is 13.7. The van der Waals surface area contributed by atoms with Crippen molar-refractivity contribution in [3.8, 4) is 0 Å². The maximum absolute atomic E-state index is 13.7. The standard InChI is InChI=1S/C15H22F2N2O/c1-20-9-8-19(11-13-5-3-7-18-13)10-12-4-2-6-14(16)15(12)17/h2,4,6,13,18H,3,5,7-11H2,1H3. The van der Waals surface area contributed by atoms with Gasteiger partial charge in [0.25, 0.3) is 0 Å². The number of hydrogen-bond donors (Lipinski definition) is 1. The van der Waals surface area contributed by atoms with Gasteiger partial charge in [-0.15, -0.1) is 0 Å². The zero-order chi connectivity index (χ0) is 14.4. The Hall–Kier alpha value is -1.04. The molecule has 0 amide bonds. The molecule has 0 aromatic heterocycles.